The molecule has 3 aromatic rings. The molecule has 0 atom stereocenters. The van der Waals surface area contributed by atoms with E-state index in [9.17, 15) is 18.8 Å². The smallest absolute Gasteiger partial charge is 0.359 e. The maximum Gasteiger partial charge on any atom is 0.359 e. The third-order valence-corrected chi connectivity index (χ3v) is 4.10. The van der Waals surface area contributed by atoms with Crippen LogP contribution in [0.3, 0.4) is 0 Å². The van der Waals surface area contributed by atoms with Crippen molar-refractivity contribution in [1.29, 1.82) is 0 Å². The number of nitrogens with zero attached hydrogens (tertiary/aromatic N) is 2. The van der Waals surface area contributed by atoms with Crippen LogP contribution in [0.25, 0.3) is 10.8 Å². The quantitative estimate of drug-likeness (QED) is 0.380. The Balaban J connectivity index is 1.62. The Morgan fingerprint density at radius 3 is 2.44 bits per heavy atom. The number of Topliss-reactive ketones (excluding diaryl/α,β-unsaturated/α-hetero) is 1. The zero-order valence-electron chi connectivity index (χ0n) is 14.6. The normalized spacial score (nSPS) is 10.7. The molecular formula is C20H17FN2O4. The molecular weight excluding hydrogens is 351 g/mol. The molecule has 0 saturated carbocycles. The lowest BCUT2D eigenvalue weighted by Crippen LogP contribution is -2.24. The Morgan fingerprint density at radius 2 is 1.74 bits per heavy atom. The lowest BCUT2D eigenvalue weighted by molar-refractivity contribution is 0.0487. The van der Waals surface area contributed by atoms with Crippen LogP contribution in [0.15, 0.2) is 53.3 Å². The monoisotopic (exact) mass is 368 g/mol. The molecule has 0 unspecified atom stereocenters. The molecule has 0 aliphatic rings. The number of aromatic nitrogens is 2. The average Bonchev–Trinajstić information content (AvgIpc) is 2.68. The van der Waals surface area contributed by atoms with Crippen LogP contribution in [0.5, 0.6) is 0 Å². The number of carbonyl (C=O) groups excluding carboxylic acids is 2. The van der Waals surface area contributed by atoms with E-state index in [2.05, 4.69) is 5.10 Å². The Morgan fingerprint density at radius 1 is 1.07 bits per heavy atom. The topological polar surface area (TPSA) is 78.3 Å². The molecule has 1 heterocycles. The summed E-state index contributed by atoms with van der Waals surface area (Å²) < 4.78 is 19.2. The summed E-state index contributed by atoms with van der Waals surface area (Å²) in [6.07, 6.45) is 0.492. The number of fused-ring (bicyclic) bond motifs is 1. The second kappa shape index (κ2) is 7.90. The molecule has 2 aromatic carbocycles. The number of aryl methyl sites for hydroxylation is 1. The minimum absolute atomic E-state index is 0.0324. The fraction of sp³-hybridized carbons (Fsp3) is 0.200. The van der Waals surface area contributed by atoms with Gasteiger partial charge in [0.15, 0.2) is 11.5 Å². The predicted octanol–water partition coefficient (Wildman–Crippen LogP) is 2.89. The Kier molecular flexibility index (Phi) is 5.40. The van der Waals surface area contributed by atoms with E-state index in [4.69, 9.17) is 4.74 Å². The highest BCUT2D eigenvalue weighted by Gasteiger charge is 2.17. The zero-order valence-corrected chi connectivity index (χ0v) is 14.6. The van der Waals surface area contributed by atoms with Crippen LogP contribution in [-0.2, 0) is 11.8 Å². The maximum absolute atomic E-state index is 12.9. The van der Waals surface area contributed by atoms with Crippen LogP contribution < -0.4 is 5.56 Å². The highest BCUT2D eigenvalue weighted by molar-refractivity contribution is 6.02. The molecule has 138 valence electrons. The van der Waals surface area contributed by atoms with Crippen molar-refractivity contribution in [2.24, 2.45) is 7.05 Å². The van der Waals surface area contributed by atoms with Gasteiger partial charge >= 0.3 is 5.97 Å². The zero-order chi connectivity index (χ0) is 19.4. The van der Waals surface area contributed by atoms with Crippen LogP contribution in [0.2, 0.25) is 0 Å². The molecule has 0 fully saturated rings. The van der Waals surface area contributed by atoms with Gasteiger partial charge in [-0.2, -0.15) is 5.10 Å². The molecule has 0 amide bonds. The number of hydrogen-bond acceptors (Lipinski definition) is 5. The molecule has 1 aromatic heterocycles. The Labute approximate surface area is 154 Å². The molecule has 0 aliphatic carbocycles. The van der Waals surface area contributed by atoms with Crippen molar-refractivity contribution in [1.82, 2.24) is 9.78 Å². The second-order valence-corrected chi connectivity index (χ2v) is 5.99. The van der Waals surface area contributed by atoms with E-state index in [0.717, 1.165) is 4.68 Å². The highest BCUT2D eigenvalue weighted by Crippen LogP contribution is 2.14. The number of benzene rings is 2. The van der Waals surface area contributed by atoms with Crippen molar-refractivity contribution in [3.8, 4) is 0 Å². The second-order valence-electron chi connectivity index (χ2n) is 5.99. The van der Waals surface area contributed by atoms with E-state index in [1.807, 2.05) is 0 Å². The van der Waals surface area contributed by atoms with Gasteiger partial charge in [0.2, 0.25) is 0 Å². The summed E-state index contributed by atoms with van der Waals surface area (Å²) >= 11 is 0. The van der Waals surface area contributed by atoms with E-state index in [1.165, 1.54) is 31.3 Å². The van der Waals surface area contributed by atoms with Gasteiger partial charge in [-0.15, -0.1) is 0 Å². The first-order valence-corrected chi connectivity index (χ1v) is 8.39. The molecule has 6 nitrogen and oxygen atoms in total. The van der Waals surface area contributed by atoms with Crippen molar-refractivity contribution >= 4 is 22.5 Å². The van der Waals surface area contributed by atoms with Gasteiger partial charge in [0.05, 0.1) is 12.0 Å². The van der Waals surface area contributed by atoms with E-state index in [1.54, 1.807) is 24.3 Å². The standard InChI is InChI=1S/C20H17FN2O4/c1-23-19(25)16-6-3-2-5-15(16)18(22-23)20(26)27-12-4-7-17(24)13-8-10-14(21)11-9-13/h2-3,5-6,8-11H,4,7,12H2,1H3. The lowest BCUT2D eigenvalue weighted by Gasteiger charge is -2.08. The number of esters is 1. The van der Waals surface area contributed by atoms with Crippen LogP contribution in [-0.4, -0.2) is 28.1 Å². The van der Waals surface area contributed by atoms with E-state index < -0.39 is 11.8 Å². The lowest BCUT2D eigenvalue weighted by atomic mass is 10.1. The fourth-order valence-corrected chi connectivity index (χ4v) is 2.70. The van der Waals surface area contributed by atoms with Gasteiger partial charge in [-0.05, 0) is 36.8 Å². The van der Waals surface area contributed by atoms with Gasteiger partial charge in [0.25, 0.3) is 5.56 Å². The molecule has 3 rings (SSSR count). The van der Waals surface area contributed by atoms with Crippen molar-refractivity contribution < 1.29 is 18.7 Å². The van der Waals surface area contributed by atoms with Gasteiger partial charge in [0.1, 0.15) is 5.82 Å². The fourth-order valence-electron chi connectivity index (χ4n) is 2.70. The van der Waals surface area contributed by atoms with Gasteiger partial charge in [-0.3, -0.25) is 9.59 Å². The molecule has 0 saturated heterocycles. The first-order valence-electron chi connectivity index (χ1n) is 8.39. The van der Waals surface area contributed by atoms with Crippen LogP contribution in [0.1, 0.15) is 33.7 Å². The Hall–Kier alpha value is -3.35. The molecule has 0 N–H and O–H groups in total. The number of hydrogen-bond donors (Lipinski definition) is 0. The predicted molar refractivity (Wildman–Crippen MR) is 97.2 cm³/mol. The van der Waals surface area contributed by atoms with Gasteiger partial charge < -0.3 is 4.74 Å². The number of ketones is 1. The van der Waals surface area contributed by atoms with Gasteiger partial charge in [-0.25, -0.2) is 13.9 Å². The molecule has 0 spiro atoms. The van der Waals surface area contributed by atoms with Crippen LogP contribution in [0, 0.1) is 5.82 Å². The maximum atomic E-state index is 12.9. The molecule has 0 bridgehead atoms. The third-order valence-electron chi connectivity index (χ3n) is 4.10. The minimum Gasteiger partial charge on any atom is -0.461 e. The van der Waals surface area contributed by atoms with Gasteiger partial charge in [0, 0.05) is 24.4 Å². The van der Waals surface area contributed by atoms with Crippen molar-refractivity contribution in [3.63, 3.8) is 0 Å². The van der Waals surface area contributed by atoms with Crippen LogP contribution >= 0.6 is 0 Å². The van der Waals surface area contributed by atoms with Gasteiger partial charge in [-0.1, -0.05) is 18.2 Å². The summed E-state index contributed by atoms with van der Waals surface area (Å²) in [5, 5.41) is 4.80. The first-order chi connectivity index (χ1) is 13.0. The van der Waals surface area contributed by atoms with E-state index >= 15 is 0 Å². The third kappa shape index (κ3) is 4.08. The summed E-state index contributed by atoms with van der Waals surface area (Å²) in [6.45, 7) is 0.0324. The average molecular weight is 368 g/mol. The number of halogens is 1. The summed E-state index contributed by atoms with van der Waals surface area (Å²) in [6, 6.07) is 12.0. The highest BCUT2D eigenvalue weighted by atomic mass is 19.1. The number of carbonyl (C=O) groups is 2. The SMILES string of the molecule is Cn1nc(C(=O)OCCCC(=O)c2ccc(F)cc2)c2ccccc2c1=O. The van der Waals surface area contributed by atoms with Crippen LogP contribution in [0.4, 0.5) is 4.39 Å². The van der Waals surface area contributed by atoms with Crippen molar-refractivity contribution in [2.45, 2.75) is 12.8 Å². The summed E-state index contributed by atoms with van der Waals surface area (Å²) in [7, 11) is 1.47. The number of rotatable bonds is 6. The molecule has 7 heteroatoms. The summed E-state index contributed by atoms with van der Waals surface area (Å²) in [5.74, 6) is -1.22. The Bertz CT molecular complexity index is 1060. The van der Waals surface area contributed by atoms with E-state index in [-0.39, 0.29) is 30.1 Å². The van der Waals surface area contributed by atoms with Crippen molar-refractivity contribution in [2.75, 3.05) is 6.61 Å². The minimum atomic E-state index is -0.656. The summed E-state index contributed by atoms with van der Waals surface area (Å²) in [5.41, 5.74) is 0.165. The largest absolute Gasteiger partial charge is 0.461 e. The molecule has 27 heavy (non-hydrogen) atoms. The molecule has 0 aliphatic heterocycles. The molecule has 0 radical (unpaired) electrons. The van der Waals surface area contributed by atoms with Crippen molar-refractivity contribution in [3.05, 3.63) is 76.0 Å². The van der Waals surface area contributed by atoms with E-state index in [0.29, 0.717) is 22.8 Å². The first kappa shape index (κ1) is 18.4. The number of ether oxygens (including phenoxy) is 1. The summed E-state index contributed by atoms with van der Waals surface area (Å²) in [4.78, 5) is 36.4.